The third-order valence-electron chi connectivity index (χ3n) is 3.64. The van der Waals surface area contributed by atoms with Crippen LogP contribution in [0.4, 0.5) is 13.2 Å². The number of halogens is 3. The van der Waals surface area contributed by atoms with Gasteiger partial charge in [-0.25, -0.2) is 8.42 Å². The summed E-state index contributed by atoms with van der Waals surface area (Å²) in [5, 5.41) is 9.22. The average Bonchev–Trinajstić information content (AvgIpc) is 3.14. The van der Waals surface area contributed by atoms with Gasteiger partial charge in [0.2, 0.25) is 21.8 Å². The van der Waals surface area contributed by atoms with Crippen LogP contribution in [0.1, 0.15) is 13.8 Å². The first-order valence-electron chi connectivity index (χ1n) is 8.47. The number of sulfonamides is 1. The Labute approximate surface area is 169 Å². The van der Waals surface area contributed by atoms with Crippen molar-refractivity contribution in [3.63, 3.8) is 0 Å². The van der Waals surface area contributed by atoms with E-state index in [0.717, 1.165) is 11.8 Å². The lowest BCUT2D eigenvalue weighted by atomic mass is 10.2. The minimum Gasteiger partial charge on any atom is -0.411 e. The molecule has 0 aliphatic heterocycles. The van der Waals surface area contributed by atoms with E-state index in [4.69, 9.17) is 4.42 Å². The quantitative estimate of drug-likeness (QED) is 0.583. The van der Waals surface area contributed by atoms with E-state index in [2.05, 4.69) is 10.2 Å². The van der Waals surface area contributed by atoms with Gasteiger partial charge in [0.15, 0.2) is 0 Å². The molecule has 160 valence electrons. The summed E-state index contributed by atoms with van der Waals surface area (Å²) >= 11 is 0.770. The van der Waals surface area contributed by atoms with E-state index in [9.17, 15) is 26.4 Å². The van der Waals surface area contributed by atoms with Gasteiger partial charge in [0.25, 0.3) is 5.22 Å². The minimum atomic E-state index is -4.49. The lowest BCUT2D eigenvalue weighted by molar-refractivity contribution is -0.136. The number of carbonyl (C=O) groups excluding carboxylic acids is 1. The standard InChI is InChI=1S/C16H19F3N4O4S2/c1-3-23(4-2)29(25,26)12-7-5-6-11(8-12)14-21-22-15(27-14)28-9-13(24)20-10-16(17,18)19/h5-8H,3-4,9-10H2,1-2H3,(H,20,24). The van der Waals surface area contributed by atoms with Gasteiger partial charge in [-0.05, 0) is 18.2 Å². The molecule has 0 spiro atoms. The first-order valence-corrected chi connectivity index (χ1v) is 10.9. The SMILES string of the molecule is CCN(CC)S(=O)(=O)c1cccc(-c2nnc(SCC(=O)NCC(F)(F)F)o2)c1. The summed E-state index contributed by atoms with van der Waals surface area (Å²) in [5.41, 5.74) is 0.360. The Morgan fingerprint density at radius 2 is 1.93 bits per heavy atom. The lowest BCUT2D eigenvalue weighted by Crippen LogP contribution is -2.34. The molecule has 0 atom stereocenters. The van der Waals surface area contributed by atoms with Crippen molar-refractivity contribution in [2.75, 3.05) is 25.4 Å². The number of amides is 1. The van der Waals surface area contributed by atoms with Crippen molar-refractivity contribution in [3.8, 4) is 11.5 Å². The van der Waals surface area contributed by atoms with E-state index in [-0.39, 0.29) is 21.8 Å². The Morgan fingerprint density at radius 3 is 2.55 bits per heavy atom. The molecule has 0 saturated carbocycles. The maximum absolute atomic E-state index is 12.6. The average molecular weight is 452 g/mol. The first-order chi connectivity index (χ1) is 13.6. The molecule has 1 heterocycles. The molecule has 2 rings (SSSR count). The molecule has 13 heteroatoms. The van der Waals surface area contributed by atoms with E-state index in [1.54, 1.807) is 25.2 Å². The van der Waals surface area contributed by atoms with E-state index in [1.807, 2.05) is 0 Å². The van der Waals surface area contributed by atoms with Gasteiger partial charge in [-0.15, -0.1) is 10.2 Å². The van der Waals surface area contributed by atoms with Crippen molar-refractivity contribution in [2.45, 2.75) is 30.1 Å². The summed E-state index contributed by atoms with van der Waals surface area (Å²) in [7, 11) is -3.67. The van der Waals surface area contributed by atoms with Crippen LogP contribution in [-0.4, -0.2) is 60.4 Å². The van der Waals surface area contributed by atoms with Gasteiger partial charge in [0.1, 0.15) is 6.54 Å². The minimum absolute atomic E-state index is 0.0276. The van der Waals surface area contributed by atoms with Gasteiger partial charge in [-0.1, -0.05) is 31.7 Å². The summed E-state index contributed by atoms with van der Waals surface area (Å²) in [6, 6.07) is 5.96. The van der Waals surface area contributed by atoms with E-state index >= 15 is 0 Å². The van der Waals surface area contributed by atoms with Crippen LogP contribution in [0.15, 0.2) is 38.8 Å². The molecule has 0 radical (unpaired) electrons. The molecule has 0 saturated heterocycles. The van der Waals surface area contributed by atoms with Crippen molar-refractivity contribution in [3.05, 3.63) is 24.3 Å². The zero-order valence-corrected chi connectivity index (χ0v) is 17.2. The number of thioether (sulfide) groups is 1. The lowest BCUT2D eigenvalue weighted by Gasteiger charge is -2.18. The topological polar surface area (TPSA) is 105 Å². The molecular formula is C16H19F3N4O4S2. The van der Waals surface area contributed by atoms with Crippen LogP contribution < -0.4 is 5.32 Å². The predicted octanol–water partition coefficient (Wildman–Crippen LogP) is 2.54. The number of nitrogens with zero attached hydrogens (tertiary/aromatic N) is 3. The molecule has 8 nitrogen and oxygen atoms in total. The third-order valence-corrected chi connectivity index (χ3v) is 6.51. The molecule has 1 amide bonds. The number of aromatic nitrogens is 2. The fourth-order valence-corrected chi connectivity index (χ4v) is 4.36. The number of alkyl halides is 3. The normalized spacial score (nSPS) is 12.3. The molecule has 0 fully saturated rings. The van der Waals surface area contributed by atoms with Crippen LogP contribution in [0.3, 0.4) is 0 Å². The number of rotatable bonds is 9. The molecule has 1 aromatic heterocycles. The van der Waals surface area contributed by atoms with Crippen LogP contribution in [0.2, 0.25) is 0 Å². The van der Waals surface area contributed by atoms with Gasteiger partial charge < -0.3 is 9.73 Å². The maximum atomic E-state index is 12.6. The molecule has 0 bridgehead atoms. The summed E-state index contributed by atoms with van der Waals surface area (Å²) in [6.45, 7) is 2.69. The first kappa shape index (κ1) is 23.2. The number of carbonyl (C=O) groups is 1. The second-order valence-electron chi connectivity index (χ2n) is 5.67. The molecule has 0 aliphatic rings. The summed E-state index contributed by atoms with van der Waals surface area (Å²) in [5.74, 6) is -1.15. The van der Waals surface area contributed by atoms with Gasteiger partial charge in [0.05, 0.1) is 10.6 Å². The second kappa shape index (κ2) is 9.59. The van der Waals surface area contributed by atoms with Gasteiger partial charge >= 0.3 is 6.18 Å². The Hall–Kier alpha value is -2.12. The summed E-state index contributed by atoms with van der Waals surface area (Å²) < 4.78 is 68.2. The number of nitrogens with one attached hydrogen (secondary N) is 1. The van der Waals surface area contributed by atoms with Crippen LogP contribution >= 0.6 is 11.8 Å². The molecule has 1 aromatic carbocycles. The zero-order valence-electron chi connectivity index (χ0n) is 15.6. The highest BCUT2D eigenvalue weighted by Gasteiger charge is 2.27. The maximum Gasteiger partial charge on any atom is 0.405 e. The van der Waals surface area contributed by atoms with E-state index in [1.165, 1.54) is 22.5 Å². The largest absolute Gasteiger partial charge is 0.411 e. The fourth-order valence-electron chi connectivity index (χ4n) is 2.26. The van der Waals surface area contributed by atoms with Crippen molar-refractivity contribution < 1.29 is 30.8 Å². The highest BCUT2D eigenvalue weighted by Crippen LogP contribution is 2.26. The molecule has 0 unspecified atom stereocenters. The Balaban J connectivity index is 2.08. The van der Waals surface area contributed by atoms with E-state index in [0.29, 0.717) is 18.7 Å². The number of hydrogen-bond acceptors (Lipinski definition) is 7. The van der Waals surface area contributed by atoms with Crippen LogP contribution in [0.25, 0.3) is 11.5 Å². The van der Waals surface area contributed by atoms with Gasteiger partial charge in [0, 0.05) is 18.7 Å². The van der Waals surface area contributed by atoms with Crippen LogP contribution in [0.5, 0.6) is 0 Å². The Bertz CT molecular complexity index is 944. The second-order valence-corrected chi connectivity index (χ2v) is 8.54. The highest BCUT2D eigenvalue weighted by molar-refractivity contribution is 7.99. The van der Waals surface area contributed by atoms with Crippen molar-refractivity contribution >= 4 is 27.7 Å². The van der Waals surface area contributed by atoms with E-state index < -0.39 is 28.7 Å². The third kappa shape index (κ3) is 6.44. The van der Waals surface area contributed by atoms with Gasteiger partial charge in [-0.2, -0.15) is 17.5 Å². The Kier molecular flexibility index (Phi) is 7.66. The predicted molar refractivity (Wildman–Crippen MR) is 99.6 cm³/mol. The molecule has 1 N–H and O–H groups in total. The van der Waals surface area contributed by atoms with Gasteiger partial charge in [-0.3, -0.25) is 4.79 Å². The monoisotopic (exact) mass is 452 g/mol. The van der Waals surface area contributed by atoms with Crippen molar-refractivity contribution in [2.24, 2.45) is 0 Å². The summed E-state index contributed by atoms with van der Waals surface area (Å²) in [6.07, 6.45) is -4.49. The van der Waals surface area contributed by atoms with Crippen LogP contribution in [0, 0.1) is 0 Å². The van der Waals surface area contributed by atoms with Crippen LogP contribution in [-0.2, 0) is 14.8 Å². The molecular weight excluding hydrogens is 433 g/mol. The Morgan fingerprint density at radius 1 is 1.24 bits per heavy atom. The number of hydrogen-bond donors (Lipinski definition) is 1. The highest BCUT2D eigenvalue weighted by atomic mass is 32.2. The van der Waals surface area contributed by atoms with Crippen molar-refractivity contribution in [1.82, 2.24) is 19.8 Å². The van der Waals surface area contributed by atoms with Crippen molar-refractivity contribution in [1.29, 1.82) is 0 Å². The molecule has 0 aliphatic carbocycles. The smallest absolute Gasteiger partial charge is 0.405 e. The number of benzene rings is 1. The fraction of sp³-hybridized carbons (Fsp3) is 0.438. The molecule has 29 heavy (non-hydrogen) atoms. The molecule has 2 aromatic rings. The zero-order chi connectivity index (χ0) is 21.7. The summed E-state index contributed by atoms with van der Waals surface area (Å²) in [4.78, 5) is 11.5.